The molecule has 3 aromatic rings. The Morgan fingerprint density at radius 3 is 2.32 bits per heavy atom. The molecule has 0 aromatic heterocycles. The number of benzene rings is 3. The molecule has 0 radical (unpaired) electrons. The fourth-order valence-electron chi connectivity index (χ4n) is 5.20. The lowest BCUT2D eigenvalue weighted by Crippen LogP contribution is -2.57. The molecule has 0 N–H and O–H groups in total. The Morgan fingerprint density at radius 1 is 0.946 bits per heavy atom. The zero-order valence-corrected chi connectivity index (χ0v) is 20.4. The number of hydrogen-bond donors (Lipinski definition) is 0. The van der Waals surface area contributed by atoms with Crippen LogP contribution in [0.15, 0.2) is 78.9 Å². The molecule has 2 aliphatic rings. The molecule has 0 saturated carbocycles. The Morgan fingerprint density at radius 2 is 1.62 bits per heavy atom. The second-order valence-corrected chi connectivity index (χ2v) is 9.42. The van der Waals surface area contributed by atoms with E-state index in [0.717, 1.165) is 23.1 Å². The molecule has 3 aromatic carbocycles. The van der Waals surface area contributed by atoms with Crippen LogP contribution in [0.1, 0.15) is 34.3 Å². The molecule has 190 valence electrons. The van der Waals surface area contributed by atoms with E-state index in [1.807, 2.05) is 47.4 Å². The molecule has 1 spiro atoms. The van der Waals surface area contributed by atoms with E-state index in [1.165, 1.54) is 12.1 Å². The first-order chi connectivity index (χ1) is 18.0. The van der Waals surface area contributed by atoms with Crippen LogP contribution in [0, 0.1) is 5.82 Å². The number of piperidine rings is 1. The second kappa shape index (κ2) is 10.4. The lowest BCUT2D eigenvalue weighted by atomic mass is 9.85. The summed E-state index contributed by atoms with van der Waals surface area (Å²) in [4.78, 5) is 43.6. The van der Waals surface area contributed by atoms with Crippen LogP contribution >= 0.6 is 0 Å². The van der Waals surface area contributed by atoms with Gasteiger partial charge in [0.2, 0.25) is 5.91 Å². The minimum Gasteiger partial charge on any atom is -0.445 e. The molecule has 0 atom stereocenters. The number of likely N-dealkylation sites (tertiary alicyclic amines) is 1. The van der Waals surface area contributed by atoms with Gasteiger partial charge in [-0.05, 0) is 48.2 Å². The summed E-state index contributed by atoms with van der Waals surface area (Å²) in [7, 11) is 0. The summed E-state index contributed by atoms with van der Waals surface area (Å²) in [6, 6.07) is 22.8. The Labute approximate surface area is 215 Å². The smallest absolute Gasteiger partial charge is 0.410 e. The third kappa shape index (κ3) is 4.91. The maximum absolute atomic E-state index is 13.9. The van der Waals surface area contributed by atoms with Crippen LogP contribution in [0.25, 0.3) is 0 Å². The summed E-state index contributed by atoms with van der Waals surface area (Å²) in [6.07, 6.45) is 1.21. The Balaban J connectivity index is 1.34. The molecule has 0 bridgehead atoms. The number of carbonyl (C=O) groups excluding carboxylic acids is 3. The highest BCUT2D eigenvalue weighted by Gasteiger charge is 2.54. The maximum Gasteiger partial charge on any atom is 0.410 e. The molecule has 0 aliphatic carbocycles. The minimum absolute atomic E-state index is 0.0603. The van der Waals surface area contributed by atoms with Crippen molar-refractivity contribution in [1.82, 2.24) is 9.80 Å². The first-order valence-electron chi connectivity index (χ1n) is 12.3. The van der Waals surface area contributed by atoms with Gasteiger partial charge in [-0.3, -0.25) is 9.59 Å². The highest BCUT2D eigenvalue weighted by Crippen LogP contribution is 2.40. The van der Waals surface area contributed by atoms with Gasteiger partial charge in [0.15, 0.2) is 0 Å². The van der Waals surface area contributed by atoms with E-state index in [2.05, 4.69) is 0 Å². The first kappa shape index (κ1) is 24.5. The second-order valence-electron chi connectivity index (χ2n) is 9.42. The van der Waals surface area contributed by atoms with Gasteiger partial charge in [0.1, 0.15) is 24.2 Å². The minimum atomic E-state index is -0.871. The number of hydrogen-bond acceptors (Lipinski definition) is 5. The van der Waals surface area contributed by atoms with E-state index in [0.29, 0.717) is 38.2 Å². The standard InChI is InChI=1S/C29H28FN3O4/c30-25-10-12-26(13-11-25)33-21-32(18-23-8-4-5-9-24(23)19-34)27(35)29(33)14-16-31(17-15-29)28(36)37-20-22-6-2-1-3-7-22/h1-13,19H,14-18,20-21H2. The van der Waals surface area contributed by atoms with Gasteiger partial charge in [-0.1, -0.05) is 54.6 Å². The predicted octanol–water partition coefficient (Wildman–Crippen LogP) is 4.62. The van der Waals surface area contributed by atoms with Crippen LogP contribution in [-0.2, 0) is 22.7 Å². The van der Waals surface area contributed by atoms with Gasteiger partial charge in [-0.15, -0.1) is 0 Å². The molecule has 2 saturated heterocycles. The Hall–Kier alpha value is -4.20. The average Bonchev–Trinajstić information content (AvgIpc) is 3.19. The Kier molecular flexibility index (Phi) is 6.90. The van der Waals surface area contributed by atoms with Crippen LogP contribution in [0.4, 0.5) is 14.9 Å². The summed E-state index contributed by atoms with van der Waals surface area (Å²) in [6.45, 7) is 1.49. The number of ether oxygens (including phenoxy) is 1. The number of aldehydes is 1. The van der Waals surface area contributed by atoms with Gasteiger partial charge in [-0.25, -0.2) is 9.18 Å². The van der Waals surface area contributed by atoms with Crippen molar-refractivity contribution in [1.29, 1.82) is 0 Å². The van der Waals surface area contributed by atoms with Crippen LogP contribution in [0.2, 0.25) is 0 Å². The largest absolute Gasteiger partial charge is 0.445 e. The van der Waals surface area contributed by atoms with E-state index >= 15 is 0 Å². The number of amides is 2. The first-order valence-corrected chi connectivity index (χ1v) is 12.3. The van der Waals surface area contributed by atoms with E-state index in [4.69, 9.17) is 4.74 Å². The molecular weight excluding hydrogens is 473 g/mol. The monoisotopic (exact) mass is 501 g/mol. The van der Waals surface area contributed by atoms with Crippen molar-refractivity contribution < 1.29 is 23.5 Å². The molecule has 2 aliphatic heterocycles. The van der Waals surface area contributed by atoms with Crippen molar-refractivity contribution >= 4 is 24.0 Å². The van der Waals surface area contributed by atoms with Crippen molar-refractivity contribution in [3.63, 3.8) is 0 Å². The number of rotatable bonds is 6. The number of carbonyl (C=O) groups is 3. The molecule has 5 rings (SSSR count). The van der Waals surface area contributed by atoms with E-state index in [-0.39, 0.29) is 24.9 Å². The van der Waals surface area contributed by atoms with Gasteiger partial charge >= 0.3 is 6.09 Å². The van der Waals surface area contributed by atoms with Crippen LogP contribution in [0.5, 0.6) is 0 Å². The van der Waals surface area contributed by atoms with Crippen LogP contribution in [-0.4, -0.2) is 53.4 Å². The summed E-state index contributed by atoms with van der Waals surface area (Å²) in [5.41, 5.74) is 2.08. The molecule has 2 amide bonds. The van der Waals surface area contributed by atoms with E-state index in [9.17, 15) is 18.8 Å². The number of halogens is 1. The zero-order chi connectivity index (χ0) is 25.8. The highest BCUT2D eigenvalue weighted by molar-refractivity contribution is 5.94. The van der Waals surface area contributed by atoms with Crippen LogP contribution in [0.3, 0.4) is 0 Å². The SMILES string of the molecule is O=Cc1ccccc1CN1CN(c2ccc(F)cc2)C2(CCN(C(=O)OCc3ccccc3)CC2)C1=O. The van der Waals surface area contributed by atoms with Crippen molar-refractivity contribution in [2.24, 2.45) is 0 Å². The molecule has 37 heavy (non-hydrogen) atoms. The predicted molar refractivity (Wildman–Crippen MR) is 136 cm³/mol. The van der Waals surface area contributed by atoms with Gasteiger partial charge < -0.3 is 19.4 Å². The molecule has 7 nitrogen and oxygen atoms in total. The van der Waals surface area contributed by atoms with Gasteiger partial charge in [-0.2, -0.15) is 0 Å². The van der Waals surface area contributed by atoms with Crippen molar-refractivity contribution in [3.8, 4) is 0 Å². The molecular formula is C29H28FN3O4. The molecule has 8 heteroatoms. The quantitative estimate of drug-likeness (QED) is 0.461. The fraction of sp³-hybridized carbons (Fsp3) is 0.276. The maximum atomic E-state index is 13.9. The summed E-state index contributed by atoms with van der Waals surface area (Å²) in [5, 5.41) is 0. The van der Waals surface area contributed by atoms with E-state index < -0.39 is 11.6 Å². The summed E-state index contributed by atoms with van der Waals surface area (Å²) < 4.78 is 19.2. The zero-order valence-electron chi connectivity index (χ0n) is 20.4. The Bertz CT molecular complexity index is 1270. The number of nitrogens with zero attached hydrogens (tertiary/aromatic N) is 3. The normalized spacial score (nSPS) is 16.8. The summed E-state index contributed by atoms with van der Waals surface area (Å²) in [5.74, 6) is -0.411. The lowest BCUT2D eigenvalue weighted by Gasteiger charge is -2.42. The average molecular weight is 502 g/mol. The van der Waals surface area contributed by atoms with Crippen molar-refractivity contribution in [2.45, 2.75) is 31.5 Å². The molecule has 2 heterocycles. The van der Waals surface area contributed by atoms with Crippen molar-refractivity contribution in [3.05, 3.63) is 101 Å². The topological polar surface area (TPSA) is 70.2 Å². The number of anilines is 1. The summed E-state index contributed by atoms with van der Waals surface area (Å²) >= 11 is 0. The lowest BCUT2D eigenvalue weighted by molar-refractivity contribution is -0.134. The third-order valence-corrected chi connectivity index (χ3v) is 7.25. The third-order valence-electron chi connectivity index (χ3n) is 7.25. The molecule has 0 unspecified atom stereocenters. The van der Waals surface area contributed by atoms with Gasteiger partial charge in [0.25, 0.3) is 0 Å². The van der Waals surface area contributed by atoms with Crippen LogP contribution < -0.4 is 4.90 Å². The fourth-order valence-corrected chi connectivity index (χ4v) is 5.20. The van der Waals surface area contributed by atoms with Crippen molar-refractivity contribution in [2.75, 3.05) is 24.7 Å². The highest BCUT2D eigenvalue weighted by atomic mass is 19.1. The van der Waals surface area contributed by atoms with Gasteiger partial charge in [0, 0.05) is 30.9 Å². The van der Waals surface area contributed by atoms with Gasteiger partial charge in [0.05, 0.1) is 6.67 Å². The molecule has 2 fully saturated rings. The van der Waals surface area contributed by atoms with E-state index in [1.54, 1.807) is 34.1 Å².